The van der Waals surface area contributed by atoms with Crippen molar-refractivity contribution < 1.29 is 13.2 Å². The molecule has 1 aromatic carbocycles. The van der Waals surface area contributed by atoms with Gasteiger partial charge >= 0.3 is 6.18 Å². The molecular weight excluding hydrogens is 271 g/mol. The average Bonchev–Trinajstić information content (AvgIpc) is 2.40. The summed E-state index contributed by atoms with van der Waals surface area (Å²) in [6, 6.07) is 4.47. The van der Waals surface area contributed by atoms with E-state index in [1.54, 1.807) is 6.07 Å². The maximum atomic E-state index is 12.6. The Morgan fingerprint density at radius 2 is 1.90 bits per heavy atom. The van der Waals surface area contributed by atoms with Crippen molar-refractivity contribution in [2.75, 3.05) is 11.1 Å². The molecule has 0 amide bonds. The SMILES string of the molecule is N#Cc1cc(C(F)(F)F)ccc1Nc1nccnc1N. The standard InChI is InChI=1S/C12H8F3N5/c13-12(14,15)8-1-2-9(7(5-8)6-16)20-11-10(17)18-3-4-19-11/h1-5H,(H2,17,18)(H,19,20). The predicted molar refractivity (Wildman–Crippen MR) is 65.9 cm³/mol. The highest BCUT2D eigenvalue weighted by Gasteiger charge is 2.31. The number of nitrogens with one attached hydrogen (secondary N) is 1. The molecule has 0 bridgehead atoms. The number of benzene rings is 1. The van der Waals surface area contributed by atoms with E-state index in [1.165, 1.54) is 12.4 Å². The first-order valence-electron chi connectivity index (χ1n) is 5.36. The van der Waals surface area contributed by atoms with Crippen molar-refractivity contribution in [3.63, 3.8) is 0 Å². The van der Waals surface area contributed by atoms with Crippen LogP contribution in [0.3, 0.4) is 0 Å². The molecule has 0 spiro atoms. The highest BCUT2D eigenvalue weighted by molar-refractivity contribution is 5.70. The summed E-state index contributed by atoms with van der Waals surface area (Å²) in [4.78, 5) is 7.67. The van der Waals surface area contributed by atoms with E-state index in [0.29, 0.717) is 0 Å². The van der Waals surface area contributed by atoms with E-state index in [-0.39, 0.29) is 22.9 Å². The summed E-state index contributed by atoms with van der Waals surface area (Å²) in [6.07, 6.45) is -1.76. The summed E-state index contributed by atoms with van der Waals surface area (Å²) < 4.78 is 37.7. The van der Waals surface area contributed by atoms with Gasteiger partial charge in [0.25, 0.3) is 0 Å². The largest absolute Gasteiger partial charge is 0.416 e. The van der Waals surface area contributed by atoms with Gasteiger partial charge in [0.05, 0.1) is 16.8 Å². The number of anilines is 3. The fourth-order valence-electron chi connectivity index (χ4n) is 1.49. The van der Waals surface area contributed by atoms with Gasteiger partial charge in [-0.25, -0.2) is 9.97 Å². The van der Waals surface area contributed by atoms with Crippen LogP contribution < -0.4 is 11.1 Å². The summed E-state index contributed by atoms with van der Waals surface area (Å²) in [5, 5.41) is 11.6. The first kappa shape index (κ1) is 13.6. The minimum Gasteiger partial charge on any atom is -0.381 e. The summed E-state index contributed by atoms with van der Waals surface area (Å²) in [5.41, 5.74) is 4.68. The molecule has 8 heteroatoms. The number of alkyl halides is 3. The van der Waals surface area contributed by atoms with Gasteiger partial charge in [0.2, 0.25) is 0 Å². The molecule has 20 heavy (non-hydrogen) atoms. The number of rotatable bonds is 2. The lowest BCUT2D eigenvalue weighted by atomic mass is 10.1. The van der Waals surface area contributed by atoms with Crippen LogP contribution in [0.5, 0.6) is 0 Å². The fourth-order valence-corrected chi connectivity index (χ4v) is 1.49. The Hall–Kier alpha value is -2.82. The van der Waals surface area contributed by atoms with E-state index in [1.807, 2.05) is 0 Å². The van der Waals surface area contributed by atoms with E-state index in [9.17, 15) is 13.2 Å². The zero-order chi connectivity index (χ0) is 14.8. The Balaban J connectivity index is 2.39. The van der Waals surface area contributed by atoms with Gasteiger partial charge in [-0.1, -0.05) is 0 Å². The quantitative estimate of drug-likeness (QED) is 0.882. The third kappa shape index (κ3) is 2.77. The third-order valence-electron chi connectivity index (χ3n) is 2.45. The van der Waals surface area contributed by atoms with Gasteiger partial charge in [0.15, 0.2) is 11.6 Å². The Morgan fingerprint density at radius 1 is 1.20 bits per heavy atom. The maximum absolute atomic E-state index is 12.6. The molecule has 0 radical (unpaired) electrons. The van der Waals surface area contributed by atoms with Gasteiger partial charge < -0.3 is 11.1 Å². The molecule has 1 aromatic heterocycles. The van der Waals surface area contributed by atoms with Gasteiger partial charge in [0.1, 0.15) is 6.07 Å². The van der Waals surface area contributed by atoms with Crippen molar-refractivity contribution in [3.8, 4) is 6.07 Å². The minimum absolute atomic E-state index is 0.0799. The van der Waals surface area contributed by atoms with Gasteiger partial charge in [-0.05, 0) is 18.2 Å². The Kier molecular flexibility index (Phi) is 3.43. The molecule has 0 saturated heterocycles. The summed E-state index contributed by atoms with van der Waals surface area (Å²) >= 11 is 0. The first-order chi connectivity index (χ1) is 9.41. The molecule has 0 unspecified atom stereocenters. The lowest BCUT2D eigenvalue weighted by Crippen LogP contribution is -2.07. The van der Waals surface area contributed by atoms with Crippen molar-refractivity contribution in [1.82, 2.24) is 9.97 Å². The van der Waals surface area contributed by atoms with Gasteiger partial charge in [0, 0.05) is 12.4 Å². The maximum Gasteiger partial charge on any atom is 0.416 e. The van der Waals surface area contributed by atoms with Crippen LogP contribution in [0.1, 0.15) is 11.1 Å². The Labute approximate surface area is 111 Å². The topological polar surface area (TPSA) is 87.6 Å². The fraction of sp³-hybridized carbons (Fsp3) is 0.0833. The molecule has 0 aliphatic rings. The monoisotopic (exact) mass is 279 g/mol. The van der Waals surface area contributed by atoms with Crippen LogP contribution in [-0.2, 0) is 6.18 Å². The lowest BCUT2D eigenvalue weighted by Gasteiger charge is -2.11. The second-order valence-corrected chi connectivity index (χ2v) is 3.79. The molecule has 0 saturated carbocycles. The van der Waals surface area contributed by atoms with Gasteiger partial charge in [-0.15, -0.1) is 0 Å². The molecule has 3 N–H and O–H groups in total. The number of halogens is 3. The second kappa shape index (κ2) is 5.05. The summed E-state index contributed by atoms with van der Waals surface area (Å²) in [5.74, 6) is 0.250. The number of nitrogens with two attached hydrogens (primary N) is 1. The number of nitriles is 1. The van der Waals surface area contributed by atoms with Gasteiger partial charge in [-0.3, -0.25) is 0 Å². The van der Waals surface area contributed by atoms with Crippen LogP contribution in [0.15, 0.2) is 30.6 Å². The number of hydrogen-bond donors (Lipinski definition) is 2. The zero-order valence-electron chi connectivity index (χ0n) is 9.94. The molecule has 2 aromatic rings. The average molecular weight is 279 g/mol. The van der Waals surface area contributed by atoms with Crippen LogP contribution in [0.2, 0.25) is 0 Å². The summed E-state index contributed by atoms with van der Waals surface area (Å²) in [6.45, 7) is 0. The molecular formula is C12H8F3N5. The van der Waals surface area contributed by atoms with Crippen molar-refractivity contribution in [2.45, 2.75) is 6.18 Å². The molecule has 0 aliphatic heterocycles. The van der Waals surface area contributed by atoms with Crippen LogP contribution in [-0.4, -0.2) is 9.97 Å². The highest BCUT2D eigenvalue weighted by atomic mass is 19.4. The minimum atomic E-state index is -4.50. The van der Waals surface area contributed by atoms with Crippen molar-refractivity contribution in [1.29, 1.82) is 5.26 Å². The number of nitrogens with zero attached hydrogens (tertiary/aromatic N) is 3. The van der Waals surface area contributed by atoms with Crippen LogP contribution in [0.4, 0.5) is 30.5 Å². The molecule has 0 aliphatic carbocycles. The normalized spacial score (nSPS) is 10.9. The van der Waals surface area contributed by atoms with Crippen molar-refractivity contribution in [3.05, 3.63) is 41.7 Å². The Morgan fingerprint density at radius 3 is 2.50 bits per heavy atom. The Bertz CT molecular complexity index is 676. The van der Waals surface area contributed by atoms with Crippen LogP contribution >= 0.6 is 0 Å². The number of aromatic nitrogens is 2. The second-order valence-electron chi connectivity index (χ2n) is 3.79. The molecule has 0 fully saturated rings. The van der Waals surface area contributed by atoms with E-state index < -0.39 is 11.7 Å². The van der Waals surface area contributed by atoms with E-state index in [0.717, 1.165) is 18.2 Å². The third-order valence-corrected chi connectivity index (χ3v) is 2.45. The van der Waals surface area contributed by atoms with Crippen molar-refractivity contribution >= 4 is 17.3 Å². The van der Waals surface area contributed by atoms with Crippen LogP contribution in [0.25, 0.3) is 0 Å². The number of hydrogen-bond acceptors (Lipinski definition) is 5. The summed E-state index contributed by atoms with van der Waals surface area (Å²) in [7, 11) is 0. The van der Waals surface area contributed by atoms with Crippen LogP contribution in [0, 0.1) is 11.3 Å². The molecule has 5 nitrogen and oxygen atoms in total. The lowest BCUT2D eigenvalue weighted by molar-refractivity contribution is -0.137. The molecule has 102 valence electrons. The highest BCUT2D eigenvalue weighted by Crippen LogP contribution is 2.32. The first-order valence-corrected chi connectivity index (χ1v) is 5.36. The number of nitrogen functional groups attached to an aromatic ring is 1. The van der Waals surface area contributed by atoms with Crippen molar-refractivity contribution in [2.24, 2.45) is 0 Å². The molecule has 0 atom stereocenters. The van der Waals surface area contributed by atoms with E-state index in [2.05, 4.69) is 15.3 Å². The molecule has 2 rings (SSSR count). The van der Waals surface area contributed by atoms with Gasteiger partial charge in [-0.2, -0.15) is 18.4 Å². The predicted octanol–water partition coefficient (Wildman–Crippen LogP) is 2.69. The van der Waals surface area contributed by atoms with E-state index in [4.69, 9.17) is 11.0 Å². The smallest absolute Gasteiger partial charge is 0.381 e. The van der Waals surface area contributed by atoms with E-state index >= 15 is 0 Å². The zero-order valence-corrected chi connectivity index (χ0v) is 9.94. The molecule has 1 heterocycles.